The number of nitrogens with one attached hydrogen (secondary N) is 1. The van der Waals surface area contributed by atoms with E-state index >= 15 is 0 Å². The number of ether oxygens (including phenoxy) is 1. The number of non-ortho nitro benzene ring substituents is 1. The van der Waals surface area contributed by atoms with Crippen LogP contribution in [0, 0.1) is 21.4 Å². The number of carbonyl (C=O) groups excluding carboxylic acids is 1. The summed E-state index contributed by atoms with van der Waals surface area (Å²) in [6.45, 7) is 2.21. The minimum absolute atomic E-state index is 0.0138. The van der Waals surface area contributed by atoms with Gasteiger partial charge < -0.3 is 10.1 Å². The summed E-state index contributed by atoms with van der Waals surface area (Å²) in [6, 6.07) is 8.95. The Morgan fingerprint density at radius 3 is 2.68 bits per heavy atom. The maximum absolute atomic E-state index is 12.5. The van der Waals surface area contributed by atoms with Gasteiger partial charge in [0.2, 0.25) is 0 Å². The number of nitriles is 1. The molecule has 2 aromatic rings. The fraction of sp³-hybridized carbons (Fsp3) is 0.111. The Kier molecular flexibility index (Phi) is 7.57. The maximum Gasteiger partial charge on any atom is 0.271 e. The molecular formula is C18H12Br2ClN3O4. The van der Waals surface area contributed by atoms with Crippen LogP contribution in [-0.4, -0.2) is 17.4 Å². The monoisotopic (exact) mass is 527 g/mol. The van der Waals surface area contributed by atoms with Crippen molar-refractivity contribution in [2.45, 2.75) is 6.92 Å². The first-order valence-electron chi connectivity index (χ1n) is 7.75. The van der Waals surface area contributed by atoms with Crippen molar-refractivity contribution >= 4 is 66.8 Å². The molecule has 0 aliphatic heterocycles. The molecule has 10 heteroatoms. The van der Waals surface area contributed by atoms with Gasteiger partial charge in [0.1, 0.15) is 17.4 Å². The van der Waals surface area contributed by atoms with Crippen LogP contribution in [0.3, 0.4) is 0 Å². The molecule has 0 spiro atoms. The lowest BCUT2D eigenvalue weighted by Gasteiger charge is -2.11. The van der Waals surface area contributed by atoms with Gasteiger partial charge in [-0.3, -0.25) is 14.9 Å². The first-order valence-corrected chi connectivity index (χ1v) is 9.72. The van der Waals surface area contributed by atoms with E-state index in [2.05, 4.69) is 37.2 Å². The van der Waals surface area contributed by atoms with Crippen molar-refractivity contribution in [2.24, 2.45) is 0 Å². The zero-order valence-corrected chi connectivity index (χ0v) is 18.3. The molecule has 0 heterocycles. The average molecular weight is 530 g/mol. The Balaban J connectivity index is 2.37. The highest BCUT2D eigenvalue weighted by Crippen LogP contribution is 2.34. The fourth-order valence-electron chi connectivity index (χ4n) is 2.20. The minimum atomic E-state index is -0.711. The number of rotatable bonds is 6. The predicted octanol–water partition coefficient (Wildman–Crippen LogP) is 5.72. The highest BCUT2D eigenvalue weighted by molar-refractivity contribution is 9.11. The maximum atomic E-state index is 12.5. The Labute approximate surface area is 182 Å². The van der Waals surface area contributed by atoms with Crippen molar-refractivity contribution in [3.63, 3.8) is 0 Å². The number of nitro groups is 1. The minimum Gasteiger partial charge on any atom is -0.492 e. The number of hydrogen-bond acceptors (Lipinski definition) is 5. The van der Waals surface area contributed by atoms with Crippen molar-refractivity contribution in [2.75, 3.05) is 11.9 Å². The van der Waals surface area contributed by atoms with Crippen LogP contribution in [0.4, 0.5) is 11.4 Å². The summed E-state index contributed by atoms with van der Waals surface area (Å²) < 4.78 is 6.97. The van der Waals surface area contributed by atoms with Gasteiger partial charge in [0.05, 0.1) is 26.7 Å². The van der Waals surface area contributed by atoms with Gasteiger partial charge in [-0.15, -0.1) is 0 Å². The van der Waals surface area contributed by atoms with Crippen molar-refractivity contribution in [3.8, 4) is 11.8 Å². The molecule has 1 N–H and O–H groups in total. The fourth-order valence-corrected chi connectivity index (χ4v) is 3.79. The van der Waals surface area contributed by atoms with E-state index in [1.54, 1.807) is 12.1 Å². The van der Waals surface area contributed by atoms with Crippen molar-refractivity contribution in [3.05, 3.63) is 65.6 Å². The van der Waals surface area contributed by atoms with Gasteiger partial charge in [0.25, 0.3) is 11.6 Å². The smallest absolute Gasteiger partial charge is 0.271 e. The summed E-state index contributed by atoms with van der Waals surface area (Å²) in [4.78, 5) is 22.7. The Morgan fingerprint density at radius 1 is 1.39 bits per heavy atom. The number of carbonyl (C=O) groups is 1. The van der Waals surface area contributed by atoms with Crippen LogP contribution in [0.5, 0.6) is 5.75 Å². The third-order valence-corrected chi connectivity index (χ3v) is 4.76. The third-order valence-electron chi connectivity index (χ3n) is 3.40. The van der Waals surface area contributed by atoms with Gasteiger partial charge >= 0.3 is 0 Å². The summed E-state index contributed by atoms with van der Waals surface area (Å²) in [6.07, 6.45) is 1.38. The summed E-state index contributed by atoms with van der Waals surface area (Å²) in [7, 11) is 0. The molecule has 0 radical (unpaired) electrons. The van der Waals surface area contributed by atoms with Crippen molar-refractivity contribution < 1.29 is 14.5 Å². The number of amides is 1. The number of nitrogens with zero attached hydrogens (tertiary/aromatic N) is 2. The lowest BCUT2D eigenvalue weighted by molar-refractivity contribution is -0.384. The van der Waals surface area contributed by atoms with Crippen LogP contribution in [0.2, 0.25) is 5.02 Å². The number of nitro benzene ring substituents is 1. The van der Waals surface area contributed by atoms with Crippen LogP contribution in [-0.2, 0) is 4.79 Å². The Bertz CT molecular complexity index is 1020. The molecule has 0 saturated carbocycles. The molecule has 0 unspecified atom stereocenters. The molecule has 28 heavy (non-hydrogen) atoms. The van der Waals surface area contributed by atoms with Gasteiger partial charge in [-0.2, -0.15) is 5.26 Å². The quantitative estimate of drug-likeness (QED) is 0.223. The van der Waals surface area contributed by atoms with E-state index in [1.807, 2.05) is 13.0 Å². The SMILES string of the molecule is CCOc1c(Br)cc(Br)cc1/C=C(/C#N)C(=O)Nc1ccc([N+](=O)[O-])cc1Cl. The molecule has 7 nitrogen and oxygen atoms in total. The van der Waals surface area contributed by atoms with Crippen LogP contribution in [0.15, 0.2) is 44.9 Å². The van der Waals surface area contributed by atoms with Crippen LogP contribution in [0.1, 0.15) is 12.5 Å². The second-order valence-corrected chi connectivity index (χ2v) is 7.46. The Hall–Kier alpha value is -2.41. The van der Waals surface area contributed by atoms with E-state index in [0.29, 0.717) is 22.4 Å². The largest absolute Gasteiger partial charge is 0.492 e. The first kappa shape index (κ1) is 21.9. The van der Waals surface area contributed by atoms with Crippen LogP contribution < -0.4 is 10.1 Å². The second-order valence-electron chi connectivity index (χ2n) is 5.28. The predicted molar refractivity (Wildman–Crippen MR) is 113 cm³/mol. The van der Waals surface area contributed by atoms with E-state index < -0.39 is 10.8 Å². The topological polar surface area (TPSA) is 105 Å². The van der Waals surface area contributed by atoms with E-state index in [0.717, 1.165) is 10.5 Å². The molecule has 0 bridgehead atoms. The summed E-state index contributed by atoms with van der Waals surface area (Å²) >= 11 is 12.7. The summed E-state index contributed by atoms with van der Waals surface area (Å²) in [5.41, 5.74) is 0.267. The molecule has 2 rings (SSSR count). The molecule has 0 aromatic heterocycles. The van der Waals surface area contributed by atoms with E-state index in [4.69, 9.17) is 16.3 Å². The lowest BCUT2D eigenvalue weighted by atomic mass is 10.1. The van der Waals surface area contributed by atoms with Crippen LogP contribution >= 0.6 is 43.5 Å². The summed E-state index contributed by atoms with van der Waals surface area (Å²) in [5.74, 6) is -0.226. The van der Waals surface area contributed by atoms with Crippen molar-refractivity contribution in [1.29, 1.82) is 5.26 Å². The average Bonchev–Trinajstić information content (AvgIpc) is 2.63. The number of benzene rings is 2. The van der Waals surface area contributed by atoms with Crippen LogP contribution in [0.25, 0.3) is 6.08 Å². The molecule has 0 atom stereocenters. The van der Waals surface area contributed by atoms with E-state index in [9.17, 15) is 20.2 Å². The van der Waals surface area contributed by atoms with Gasteiger partial charge in [-0.1, -0.05) is 27.5 Å². The third kappa shape index (κ3) is 5.32. The van der Waals surface area contributed by atoms with Gasteiger partial charge in [-0.05, 0) is 47.1 Å². The molecular weight excluding hydrogens is 517 g/mol. The molecule has 144 valence electrons. The van der Waals surface area contributed by atoms with Crippen molar-refractivity contribution in [1.82, 2.24) is 0 Å². The lowest BCUT2D eigenvalue weighted by Crippen LogP contribution is -2.14. The number of anilines is 1. The molecule has 1 amide bonds. The zero-order chi connectivity index (χ0) is 20.8. The highest BCUT2D eigenvalue weighted by Gasteiger charge is 2.16. The summed E-state index contributed by atoms with van der Waals surface area (Å²) in [5, 5.41) is 22.7. The molecule has 0 fully saturated rings. The van der Waals surface area contributed by atoms with Gasteiger partial charge in [-0.25, -0.2) is 0 Å². The standard InChI is InChI=1S/C18H12Br2ClN3O4/c1-2-28-17-10(6-12(19)7-14(17)20)5-11(9-22)18(25)23-16-4-3-13(24(26)27)8-15(16)21/h3-8H,2H2,1H3,(H,23,25)/b11-5-. The van der Waals surface area contributed by atoms with E-state index in [-0.39, 0.29) is 22.0 Å². The molecule has 2 aromatic carbocycles. The number of halogens is 3. The Morgan fingerprint density at radius 2 is 2.11 bits per heavy atom. The molecule has 0 aliphatic carbocycles. The first-order chi connectivity index (χ1) is 13.3. The molecule has 0 saturated heterocycles. The highest BCUT2D eigenvalue weighted by atomic mass is 79.9. The molecule has 0 aliphatic rings. The number of hydrogen-bond donors (Lipinski definition) is 1. The van der Waals surface area contributed by atoms with E-state index in [1.165, 1.54) is 18.2 Å². The second kappa shape index (κ2) is 9.68. The normalized spacial score (nSPS) is 10.9. The van der Waals surface area contributed by atoms with Gasteiger partial charge in [0.15, 0.2) is 0 Å². The zero-order valence-electron chi connectivity index (χ0n) is 14.3. The van der Waals surface area contributed by atoms with Gasteiger partial charge in [0, 0.05) is 22.2 Å².